The number of aryl methyl sites for hydroxylation is 2. The zero-order chi connectivity index (χ0) is 14.0. The number of benzene rings is 1. The van der Waals surface area contributed by atoms with Crippen LogP contribution in [0, 0.1) is 13.8 Å². The second-order valence-corrected chi connectivity index (χ2v) is 4.36. The average molecular weight is 261 g/mol. The molecule has 1 heterocycles. The van der Waals surface area contributed by atoms with Crippen LogP contribution < -0.4 is 15.2 Å². The van der Waals surface area contributed by atoms with E-state index in [-0.39, 0.29) is 0 Å². The van der Waals surface area contributed by atoms with Gasteiger partial charge in [0.15, 0.2) is 5.75 Å². The summed E-state index contributed by atoms with van der Waals surface area (Å²) >= 11 is 0. The third-order valence-corrected chi connectivity index (χ3v) is 2.95. The van der Waals surface area contributed by atoms with Gasteiger partial charge in [0.25, 0.3) is 0 Å². The minimum atomic E-state index is 0.568. The summed E-state index contributed by atoms with van der Waals surface area (Å²) in [6.07, 6.45) is 0. The largest absolute Gasteiger partial charge is 0.492 e. The quantitative estimate of drug-likeness (QED) is 0.860. The number of hydrogen-bond donors (Lipinski definition) is 1. The van der Waals surface area contributed by atoms with Gasteiger partial charge in [0.2, 0.25) is 0 Å². The van der Waals surface area contributed by atoms with E-state index < -0.39 is 0 Å². The van der Waals surface area contributed by atoms with Crippen molar-refractivity contribution in [2.75, 3.05) is 12.3 Å². The molecular weight excluding hydrogens is 242 g/mol. The maximum Gasteiger partial charge on any atom is 0.171 e. The van der Waals surface area contributed by atoms with Crippen LogP contribution in [0.25, 0.3) is 0 Å². The van der Waals surface area contributed by atoms with Crippen molar-refractivity contribution in [2.24, 2.45) is 7.05 Å². The third kappa shape index (κ3) is 2.65. The van der Waals surface area contributed by atoms with E-state index in [0.717, 1.165) is 17.1 Å². The normalized spacial score (nSPS) is 10.5. The van der Waals surface area contributed by atoms with E-state index in [9.17, 15) is 0 Å². The number of ether oxygens (including phenoxy) is 2. The zero-order valence-electron chi connectivity index (χ0n) is 11.7. The Labute approximate surface area is 112 Å². The fourth-order valence-electron chi connectivity index (χ4n) is 1.88. The maximum atomic E-state index is 5.88. The molecular formula is C14H19N3O2. The molecule has 0 bridgehead atoms. The second-order valence-electron chi connectivity index (χ2n) is 4.36. The molecule has 0 atom stereocenters. The van der Waals surface area contributed by atoms with Gasteiger partial charge in [0.05, 0.1) is 18.0 Å². The van der Waals surface area contributed by atoms with Crippen LogP contribution in [0.3, 0.4) is 0 Å². The summed E-state index contributed by atoms with van der Waals surface area (Å²) in [5.41, 5.74) is 8.28. The van der Waals surface area contributed by atoms with Gasteiger partial charge in [0.1, 0.15) is 17.2 Å². The zero-order valence-corrected chi connectivity index (χ0v) is 11.7. The smallest absolute Gasteiger partial charge is 0.171 e. The van der Waals surface area contributed by atoms with Crippen LogP contribution in [-0.2, 0) is 7.05 Å². The van der Waals surface area contributed by atoms with Crippen molar-refractivity contribution in [3.05, 3.63) is 29.6 Å². The van der Waals surface area contributed by atoms with Crippen molar-refractivity contribution in [2.45, 2.75) is 20.8 Å². The maximum absolute atomic E-state index is 5.88. The van der Waals surface area contributed by atoms with Gasteiger partial charge in [-0.25, -0.2) is 0 Å². The molecule has 0 aliphatic heterocycles. The first-order valence-electron chi connectivity index (χ1n) is 6.23. The number of hydrogen-bond acceptors (Lipinski definition) is 4. The minimum Gasteiger partial charge on any atom is -0.492 e. The Balaban J connectivity index is 2.30. The summed E-state index contributed by atoms with van der Waals surface area (Å²) in [6, 6.07) is 5.40. The van der Waals surface area contributed by atoms with E-state index in [1.165, 1.54) is 0 Å². The Kier molecular flexibility index (Phi) is 3.64. The molecule has 19 heavy (non-hydrogen) atoms. The molecule has 0 aliphatic rings. The molecule has 2 N–H and O–H groups in total. The van der Waals surface area contributed by atoms with E-state index in [4.69, 9.17) is 15.2 Å². The summed E-state index contributed by atoms with van der Waals surface area (Å²) in [5.74, 6) is 2.10. The topological polar surface area (TPSA) is 62.3 Å². The lowest BCUT2D eigenvalue weighted by Gasteiger charge is -2.10. The Hall–Kier alpha value is -2.17. The van der Waals surface area contributed by atoms with Crippen molar-refractivity contribution in [1.82, 2.24) is 9.78 Å². The van der Waals surface area contributed by atoms with Gasteiger partial charge in [-0.15, -0.1) is 0 Å². The SMILES string of the molecule is CCOc1cc(Oc2c(C)nn(C)c2C)ccc1N. The van der Waals surface area contributed by atoms with Gasteiger partial charge < -0.3 is 15.2 Å². The molecule has 0 saturated carbocycles. The molecule has 2 rings (SSSR count). The van der Waals surface area contributed by atoms with E-state index in [0.29, 0.717) is 23.8 Å². The number of aromatic nitrogens is 2. The lowest BCUT2D eigenvalue weighted by molar-refractivity contribution is 0.340. The van der Waals surface area contributed by atoms with E-state index in [1.807, 2.05) is 33.9 Å². The average Bonchev–Trinajstić information content (AvgIpc) is 2.60. The minimum absolute atomic E-state index is 0.568. The van der Waals surface area contributed by atoms with Gasteiger partial charge in [0, 0.05) is 13.1 Å². The molecule has 0 spiro atoms. The molecule has 2 aromatic rings. The Morgan fingerprint density at radius 2 is 2.05 bits per heavy atom. The van der Waals surface area contributed by atoms with Gasteiger partial charge in [-0.2, -0.15) is 5.10 Å². The van der Waals surface area contributed by atoms with Gasteiger partial charge in [-0.1, -0.05) is 0 Å². The fraction of sp³-hybridized carbons (Fsp3) is 0.357. The van der Waals surface area contributed by atoms with E-state index in [1.54, 1.807) is 16.8 Å². The van der Waals surface area contributed by atoms with Crippen molar-refractivity contribution >= 4 is 5.69 Å². The van der Waals surface area contributed by atoms with E-state index in [2.05, 4.69) is 5.10 Å². The summed E-state index contributed by atoms with van der Waals surface area (Å²) in [6.45, 7) is 6.38. The fourth-order valence-corrected chi connectivity index (χ4v) is 1.88. The van der Waals surface area contributed by atoms with Crippen LogP contribution in [0.2, 0.25) is 0 Å². The molecule has 1 aromatic carbocycles. The molecule has 0 unspecified atom stereocenters. The number of nitrogens with zero attached hydrogens (tertiary/aromatic N) is 2. The number of rotatable bonds is 4. The second kappa shape index (κ2) is 5.22. The monoisotopic (exact) mass is 261 g/mol. The van der Waals surface area contributed by atoms with Gasteiger partial charge in [-0.3, -0.25) is 4.68 Å². The number of nitrogen functional groups attached to an aromatic ring is 1. The van der Waals surface area contributed by atoms with Crippen molar-refractivity contribution in [3.8, 4) is 17.2 Å². The third-order valence-electron chi connectivity index (χ3n) is 2.95. The van der Waals surface area contributed by atoms with Crippen molar-refractivity contribution in [3.63, 3.8) is 0 Å². The standard InChI is InChI=1S/C14H19N3O2/c1-5-18-13-8-11(6-7-12(13)15)19-14-9(2)16-17(4)10(14)3/h6-8H,5,15H2,1-4H3. The predicted octanol–water partition coefficient (Wildman–Crippen LogP) is 2.81. The summed E-state index contributed by atoms with van der Waals surface area (Å²) in [7, 11) is 1.89. The molecule has 0 fully saturated rings. The Morgan fingerprint density at radius 3 is 2.63 bits per heavy atom. The van der Waals surface area contributed by atoms with E-state index >= 15 is 0 Å². The summed E-state index contributed by atoms with van der Waals surface area (Å²) in [5, 5.41) is 4.32. The molecule has 0 radical (unpaired) electrons. The Bertz CT molecular complexity index is 591. The van der Waals surface area contributed by atoms with Crippen molar-refractivity contribution < 1.29 is 9.47 Å². The van der Waals surface area contributed by atoms with Gasteiger partial charge >= 0.3 is 0 Å². The highest BCUT2D eigenvalue weighted by Gasteiger charge is 2.12. The summed E-state index contributed by atoms with van der Waals surface area (Å²) < 4.78 is 13.1. The molecule has 0 amide bonds. The highest BCUT2D eigenvalue weighted by molar-refractivity contribution is 5.56. The molecule has 0 aliphatic carbocycles. The number of nitrogens with two attached hydrogens (primary N) is 1. The van der Waals surface area contributed by atoms with Gasteiger partial charge in [-0.05, 0) is 32.9 Å². The van der Waals surface area contributed by atoms with Crippen LogP contribution in [0.1, 0.15) is 18.3 Å². The predicted molar refractivity (Wildman–Crippen MR) is 74.8 cm³/mol. The molecule has 102 valence electrons. The van der Waals surface area contributed by atoms with Crippen LogP contribution in [0.15, 0.2) is 18.2 Å². The highest BCUT2D eigenvalue weighted by Crippen LogP contribution is 2.32. The van der Waals surface area contributed by atoms with Crippen LogP contribution >= 0.6 is 0 Å². The molecule has 5 nitrogen and oxygen atoms in total. The highest BCUT2D eigenvalue weighted by atomic mass is 16.5. The first-order valence-corrected chi connectivity index (χ1v) is 6.23. The molecule has 0 saturated heterocycles. The first-order chi connectivity index (χ1) is 9.02. The molecule has 1 aromatic heterocycles. The number of anilines is 1. The molecule has 5 heteroatoms. The van der Waals surface area contributed by atoms with Crippen LogP contribution in [-0.4, -0.2) is 16.4 Å². The summed E-state index contributed by atoms with van der Waals surface area (Å²) in [4.78, 5) is 0. The lowest BCUT2D eigenvalue weighted by atomic mass is 10.2. The van der Waals surface area contributed by atoms with Crippen LogP contribution in [0.4, 0.5) is 5.69 Å². The van der Waals surface area contributed by atoms with Crippen molar-refractivity contribution in [1.29, 1.82) is 0 Å². The lowest BCUT2D eigenvalue weighted by Crippen LogP contribution is -1.97. The first kappa shape index (κ1) is 13.3. The Morgan fingerprint density at radius 1 is 1.32 bits per heavy atom. The van der Waals surface area contributed by atoms with Crippen LogP contribution in [0.5, 0.6) is 17.2 Å².